The molecule has 1 aromatic carbocycles. The Morgan fingerprint density at radius 1 is 1.05 bits per heavy atom. The van der Waals surface area contributed by atoms with Crippen LogP contribution >= 0.6 is 23.2 Å². The van der Waals surface area contributed by atoms with Crippen molar-refractivity contribution in [1.82, 2.24) is 9.97 Å². The second-order valence-corrected chi connectivity index (χ2v) is 5.80. The predicted molar refractivity (Wildman–Crippen MR) is 87.8 cm³/mol. The Bertz CT molecular complexity index is 627. The van der Waals surface area contributed by atoms with Gasteiger partial charge in [-0.3, -0.25) is 0 Å². The molecule has 0 spiro atoms. The van der Waals surface area contributed by atoms with Crippen molar-refractivity contribution in [2.24, 2.45) is 0 Å². The minimum atomic E-state index is 0.478. The van der Waals surface area contributed by atoms with E-state index in [1.54, 1.807) is 12.3 Å². The van der Waals surface area contributed by atoms with E-state index < -0.39 is 0 Å². The van der Waals surface area contributed by atoms with E-state index in [1.807, 2.05) is 18.2 Å². The summed E-state index contributed by atoms with van der Waals surface area (Å²) in [5.74, 6) is 1.48. The van der Waals surface area contributed by atoms with Crippen LogP contribution in [0.4, 0.5) is 17.5 Å². The smallest absolute Gasteiger partial charge is 0.229 e. The van der Waals surface area contributed by atoms with Gasteiger partial charge in [-0.05, 0) is 37.5 Å². The highest BCUT2D eigenvalue weighted by molar-refractivity contribution is 6.43. The third kappa shape index (κ3) is 3.39. The predicted octanol–water partition coefficient (Wildman–Crippen LogP) is 4.52. The summed E-state index contributed by atoms with van der Waals surface area (Å²) >= 11 is 12.2. The molecule has 0 bridgehead atoms. The maximum Gasteiger partial charge on any atom is 0.229 e. The van der Waals surface area contributed by atoms with Crippen molar-refractivity contribution in [3.8, 4) is 0 Å². The summed E-state index contributed by atoms with van der Waals surface area (Å²) < 4.78 is 0. The van der Waals surface area contributed by atoms with Crippen molar-refractivity contribution >= 4 is 40.7 Å². The Labute approximate surface area is 134 Å². The summed E-state index contributed by atoms with van der Waals surface area (Å²) in [4.78, 5) is 11.1. The molecule has 2 aromatic rings. The first-order chi connectivity index (χ1) is 10.2. The van der Waals surface area contributed by atoms with Crippen LogP contribution < -0.4 is 10.2 Å². The number of halogens is 2. The molecule has 1 N–H and O–H groups in total. The molecule has 4 nitrogen and oxygen atoms in total. The number of nitrogens with zero attached hydrogens (tertiary/aromatic N) is 3. The van der Waals surface area contributed by atoms with Crippen LogP contribution in [0.5, 0.6) is 0 Å². The van der Waals surface area contributed by atoms with E-state index in [4.69, 9.17) is 23.2 Å². The van der Waals surface area contributed by atoms with Gasteiger partial charge >= 0.3 is 0 Å². The lowest BCUT2D eigenvalue weighted by Gasteiger charge is -2.27. The second kappa shape index (κ2) is 6.50. The Balaban J connectivity index is 1.81. The largest absolute Gasteiger partial charge is 0.356 e. The van der Waals surface area contributed by atoms with E-state index in [-0.39, 0.29) is 0 Å². The van der Waals surface area contributed by atoms with Crippen molar-refractivity contribution in [2.45, 2.75) is 19.3 Å². The van der Waals surface area contributed by atoms with Gasteiger partial charge in [0, 0.05) is 19.3 Å². The Morgan fingerprint density at radius 2 is 1.86 bits per heavy atom. The van der Waals surface area contributed by atoms with Crippen LogP contribution in [0.2, 0.25) is 10.0 Å². The molecule has 110 valence electrons. The molecule has 1 fully saturated rings. The molecule has 3 rings (SSSR count). The molecule has 21 heavy (non-hydrogen) atoms. The summed E-state index contributed by atoms with van der Waals surface area (Å²) in [5, 5.41) is 4.11. The van der Waals surface area contributed by atoms with Gasteiger partial charge in [0.1, 0.15) is 5.82 Å². The summed E-state index contributed by atoms with van der Waals surface area (Å²) in [6.45, 7) is 2.10. The number of benzene rings is 1. The van der Waals surface area contributed by atoms with E-state index in [1.165, 1.54) is 19.3 Å². The van der Waals surface area contributed by atoms with Crippen LogP contribution in [0.15, 0.2) is 30.5 Å². The molecule has 0 saturated carbocycles. The molecule has 0 aliphatic carbocycles. The van der Waals surface area contributed by atoms with Gasteiger partial charge in [-0.25, -0.2) is 4.98 Å². The summed E-state index contributed by atoms with van der Waals surface area (Å²) in [5.41, 5.74) is 0.708. The summed E-state index contributed by atoms with van der Waals surface area (Å²) in [7, 11) is 0. The van der Waals surface area contributed by atoms with E-state index in [0.717, 1.165) is 18.9 Å². The number of piperidine rings is 1. The Hall–Kier alpha value is -1.52. The fourth-order valence-corrected chi connectivity index (χ4v) is 2.78. The zero-order valence-electron chi connectivity index (χ0n) is 11.5. The minimum absolute atomic E-state index is 0.478. The minimum Gasteiger partial charge on any atom is -0.356 e. The van der Waals surface area contributed by atoms with Gasteiger partial charge in [0.2, 0.25) is 5.95 Å². The fourth-order valence-electron chi connectivity index (χ4n) is 2.43. The number of anilines is 3. The standard InChI is InChI=1S/C15H16Cl2N4/c16-11-5-4-6-12(14(11)17)19-15-18-8-7-13(20-15)21-9-2-1-3-10-21/h4-8H,1-3,9-10H2,(H,18,19,20). The van der Waals surface area contributed by atoms with Crippen molar-refractivity contribution in [3.63, 3.8) is 0 Å². The summed E-state index contributed by atoms with van der Waals surface area (Å²) in [6, 6.07) is 7.38. The average Bonchev–Trinajstić information content (AvgIpc) is 2.53. The van der Waals surface area contributed by atoms with Crippen LogP contribution in [-0.2, 0) is 0 Å². The first-order valence-corrected chi connectivity index (χ1v) is 7.79. The van der Waals surface area contributed by atoms with Crippen molar-refractivity contribution < 1.29 is 0 Å². The van der Waals surface area contributed by atoms with E-state index in [9.17, 15) is 0 Å². The lowest BCUT2D eigenvalue weighted by molar-refractivity contribution is 0.573. The first kappa shape index (κ1) is 14.4. The van der Waals surface area contributed by atoms with Gasteiger partial charge in [0.15, 0.2) is 0 Å². The van der Waals surface area contributed by atoms with Crippen LogP contribution in [-0.4, -0.2) is 23.1 Å². The van der Waals surface area contributed by atoms with Gasteiger partial charge in [-0.1, -0.05) is 29.3 Å². The van der Waals surface area contributed by atoms with Gasteiger partial charge in [-0.2, -0.15) is 4.98 Å². The molecule has 0 atom stereocenters. The molecule has 6 heteroatoms. The highest BCUT2D eigenvalue weighted by Gasteiger charge is 2.13. The zero-order valence-corrected chi connectivity index (χ0v) is 13.0. The number of aromatic nitrogens is 2. The van der Waals surface area contributed by atoms with Crippen LogP contribution in [0.25, 0.3) is 0 Å². The highest BCUT2D eigenvalue weighted by Crippen LogP contribution is 2.31. The fraction of sp³-hybridized carbons (Fsp3) is 0.333. The maximum atomic E-state index is 6.17. The number of hydrogen-bond acceptors (Lipinski definition) is 4. The van der Waals surface area contributed by atoms with Crippen LogP contribution in [0.3, 0.4) is 0 Å². The van der Waals surface area contributed by atoms with Crippen molar-refractivity contribution in [3.05, 3.63) is 40.5 Å². The van der Waals surface area contributed by atoms with Crippen LogP contribution in [0.1, 0.15) is 19.3 Å². The quantitative estimate of drug-likeness (QED) is 0.902. The van der Waals surface area contributed by atoms with Gasteiger partial charge < -0.3 is 10.2 Å². The van der Waals surface area contributed by atoms with E-state index >= 15 is 0 Å². The van der Waals surface area contributed by atoms with E-state index in [0.29, 0.717) is 21.7 Å². The monoisotopic (exact) mass is 322 g/mol. The third-order valence-corrected chi connectivity index (χ3v) is 4.34. The molecule has 2 heterocycles. The molecule has 0 amide bonds. The Kier molecular flexibility index (Phi) is 4.46. The number of nitrogens with one attached hydrogen (secondary N) is 1. The van der Waals surface area contributed by atoms with Crippen molar-refractivity contribution in [1.29, 1.82) is 0 Å². The zero-order chi connectivity index (χ0) is 14.7. The maximum absolute atomic E-state index is 6.17. The van der Waals surface area contributed by atoms with Crippen LogP contribution in [0, 0.1) is 0 Å². The molecule has 1 aromatic heterocycles. The molecule has 0 radical (unpaired) electrons. The third-order valence-electron chi connectivity index (χ3n) is 3.52. The Morgan fingerprint density at radius 3 is 2.67 bits per heavy atom. The second-order valence-electron chi connectivity index (χ2n) is 5.01. The molecule has 1 aliphatic rings. The average molecular weight is 323 g/mol. The first-order valence-electron chi connectivity index (χ1n) is 7.03. The lowest BCUT2D eigenvalue weighted by Crippen LogP contribution is -2.30. The molecule has 1 aliphatic heterocycles. The SMILES string of the molecule is Clc1cccc(Nc2nccc(N3CCCCC3)n2)c1Cl. The number of rotatable bonds is 3. The van der Waals surface area contributed by atoms with Crippen molar-refractivity contribution in [2.75, 3.05) is 23.3 Å². The lowest BCUT2D eigenvalue weighted by atomic mass is 10.1. The van der Waals surface area contributed by atoms with E-state index in [2.05, 4.69) is 20.2 Å². The topological polar surface area (TPSA) is 41.1 Å². The molecular formula is C15H16Cl2N4. The normalized spacial score (nSPS) is 15.0. The van der Waals surface area contributed by atoms with Gasteiger partial charge in [0.05, 0.1) is 15.7 Å². The van der Waals surface area contributed by atoms with Gasteiger partial charge in [-0.15, -0.1) is 0 Å². The summed E-state index contributed by atoms with van der Waals surface area (Å²) in [6.07, 6.45) is 5.49. The molecular weight excluding hydrogens is 307 g/mol. The molecule has 0 unspecified atom stereocenters. The van der Waals surface area contributed by atoms with Gasteiger partial charge in [0.25, 0.3) is 0 Å². The number of hydrogen-bond donors (Lipinski definition) is 1. The molecule has 1 saturated heterocycles. The highest BCUT2D eigenvalue weighted by atomic mass is 35.5.